The lowest BCUT2D eigenvalue weighted by atomic mass is 10.1. The SMILES string of the molecule is COC(=O)c1cnc(N2CCN(C(=O)OC(C)(C)C)CC2C(=O)OC)nc1C(F)(F)F. The van der Waals surface area contributed by atoms with E-state index in [-0.39, 0.29) is 19.6 Å². The molecule has 0 aromatic carbocycles. The first-order valence-corrected chi connectivity index (χ1v) is 9.13. The van der Waals surface area contributed by atoms with Gasteiger partial charge in [0.15, 0.2) is 5.69 Å². The maximum atomic E-state index is 13.5. The number of alkyl halides is 3. The average molecular weight is 448 g/mol. The summed E-state index contributed by atoms with van der Waals surface area (Å²) in [5.74, 6) is -2.50. The quantitative estimate of drug-likeness (QED) is 0.505. The van der Waals surface area contributed by atoms with Crippen LogP contribution >= 0.6 is 0 Å². The number of nitrogens with zero attached hydrogens (tertiary/aromatic N) is 4. The Bertz CT molecular complexity index is 856. The Morgan fingerprint density at radius 3 is 2.26 bits per heavy atom. The van der Waals surface area contributed by atoms with Gasteiger partial charge in [-0.15, -0.1) is 0 Å². The van der Waals surface area contributed by atoms with Crippen molar-refractivity contribution in [2.75, 3.05) is 38.8 Å². The molecule has 1 aromatic heterocycles. The average Bonchev–Trinajstić information content (AvgIpc) is 2.69. The smallest absolute Gasteiger partial charge is 0.434 e. The van der Waals surface area contributed by atoms with Gasteiger partial charge in [-0.05, 0) is 20.8 Å². The van der Waals surface area contributed by atoms with E-state index in [1.165, 1.54) is 9.80 Å². The fourth-order valence-corrected chi connectivity index (χ4v) is 2.84. The number of rotatable bonds is 3. The van der Waals surface area contributed by atoms with Crippen LogP contribution in [0, 0.1) is 0 Å². The van der Waals surface area contributed by atoms with Gasteiger partial charge in [0.2, 0.25) is 5.95 Å². The predicted molar refractivity (Wildman–Crippen MR) is 99.3 cm³/mol. The highest BCUT2D eigenvalue weighted by atomic mass is 19.4. The van der Waals surface area contributed by atoms with E-state index in [0.29, 0.717) is 6.20 Å². The molecule has 31 heavy (non-hydrogen) atoms. The molecule has 0 radical (unpaired) electrons. The Morgan fingerprint density at radius 1 is 1.10 bits per heavy atom. The molecule has 0 N–H and O–H groups in total. The van der Waals surface area contributed by atoms with Crippen LogP contribution in [0.5, 0.6) is 0 Å². The molecule has 10 nitrogen and oxygen atoms in total. The summed E-state index contributed by atoms with van der Waals surface area (Å²) in [6.07, 6.45) is -4.97. The van der Waals surface area contributed by atoms with Crippen LogP contribution in [0.4, 0.5) is 23.9 Å². The summed E-state index contributed by atoms with van der Waals surface area (Å²) in [4.78, 5) is 46.1. The molecular formula is C18H23F3N4O6. The van der Waals surface area contributed by atoms with Crippen LogP contribution in [-0.2, 0) is 25.2 Å². The molecule has 172 valence electrons. The third-order valence-corrected chi connectivity index (χ3v) is 4.21. The van der Waals surface area contributed by atoms with Crippen molar-refractivity contribution in [2.24, 2.45) is 0 Å². The summed E-state index contributed by atoms with van der Waals surface area (Å²) < 4.78 is 54.8. The lowest BCUT2D eigenvalue weighted by molar-refractivity contribution is -0.143. The van der Waals surface area contributed by atoms with E-state index in [1.807, 2.05) is 0 Å². The molecule has 1 unspecified atom stereocenters. The highest BCUT2D eigenvalue weighted by Gasteiger charge is 2.42. The van der Waals surface area contributed by atoms with Crippen LogP contribution < -0.4 is 4.90 Å². The molecule has 1 aliphatic rings. The van der Waals surface area contributed by atoms with Gasteiger partial charge in [-0.25, -0.2) is 24.4 Å². The van der Waals surface area contributed by atoms with Crippen LogP contribution in [0.25, 0.3) is 0 Å². The number of esters is 2. The largest absolute Gasteiger partial charge is 0.467 e. The van der Waals surface area contributed by atoms with Crippen LogP contribution in [-0.4, -0.2) is 78.4 Å². The minimum absolute atomic E-state index is 0.0336. The summed E-state index contributed by atoms with van der Waals surface area (Å²) >= 11 is 0. The number of piperazine rings is 1. The van der Waals surface area contributed by atoms with Crippen LogP contribution in [0.1, 0.15) is 36.8 Å². The minimum Gasteiger partial charge on any atom is -0.467 e. The summed E-state index contributed by atoms with van der Waals surface area (Å²) in [6.45, 7) is 4.77. The molecule has 1 aliphatic heterocycles. The summed E-state index contributed by atoms with van der Waals surface area (Å²) in [6, 6.07) is -1.18. The molecule has 0 saturated carbocycles. The zero-order chi connectivity index (χ0) is 23.6. The van der Waals surface area contributed by atoms with E-state index in [2.05, 4.69) is 14.7 Å². The number of amides is 1. The topological polar surface area (TPSA) is 111 Å². The maximum absolute atomic E-state index is 13.5. The Balaban J connectivity index is 2.39. The highest BCUT2D eigenvalue weighted by molar-refractivity contribution is 5.90. The first kappa shape index (κ1) is 24.2. The Labute approximate surface area is 176 Å². The zero-order valence-corrected chi connectivity index (χ0v) is 17.6. The fourth-order valence-electron chi connectivity index (χ4n) is 2.84. The standard InChI is InChI=1S/C18H23F3N4O6/c1-17(2,3)31-16(28)24-6-7-25(11(9-24)14(27)30-5)15-22-8-10(13(26)29-4)12(23-15)18(19,20)21/h8,11H,6-7,9H2,1-5H3. The van der Waals surface area contributed by atoms with E-state index in [4.69, 9.17) is 9.47 Å². The lowest BCUT2D eigenvalue weighted by Gasteiger charge is -2.40. The van der Waals surface area contributed by atoms with Gasteiger partial charge < -0.3 is 24.0 Å². The second kappa shape index (κ2) is 8.94. The number of aromatic nitrogens is 2. The van der Waals surface area contributed by atoms with Gasteiger partial charge >= 0.3 is 24.2 Å². The third kappa shape index (κ3) is 5.73. The van der Waals surface area contributed by atoms with Crippen molar-refractivity contribution in [1.29, 1.82) is 0 Å². The van der Waals surface area contributed by atoms with Crippen molar-refractivity contribution in [3.8, 4) is 0 Å². The molecule has 0 aliphatic carbocycles. The molecule has 1 fully saturated rings. The van der Waals surface area contributed by atoms with Crippen molar-refractivity contribution >= 4 is 24.0 Å². The zero-order valence-electron chi connectivity index (χ0n) is 17.6. The van der Waals surface area contributed by atoms with Crippen molar-refractivity contribution in [3.63, 3.8) is 0 Å². The van der Waals surface area contributed by atoms with Crippen LogP contribution in [0.3, 0.4) is 0 Å². The predicted octanol–water partition coefficient (Wildman–Crippen LogP) is 1.88. The summed E-state index contributed by atoms with van der Waals surface area (Å²) in [5, 5.41) is 0. The normalized spacial score (nSPS) is 17.2. The van der Waals surface area contributed by atoms with Gasteiger partial charge in [0.05, 0.1) is 20.8 Å². The molecule has 2 rings (SSSR count). The van der Waals surface area contributed by atoms with Crippen molar-refractivity contribution in [2.45, 2.75) is 38.6 Å². The van der Waals surface area contributed by atoms with E-state index in [1.54, 1.807) is 20.8 Å². The molecule has 1 amide bonds. The number of halogens is 3. The number of hydrogen-bond donors (Lipinski definition) is 0. The first-order valence-electron chi connectivity index (χ1n) is 9.13. The number of anilines is 1. The van der Waals surface area contributed by atoms with Gasteiger partial charge in [-0.1, -0.05) is 0 Å². The monoisotopic (exact) mass is 448 g/mol. The van der Waals surface area contributed by atoms with E-state index >= 15 is 0 Å². The van der Waals surface area contributed by atoms with Gasteiger partial charge in [-0.2, -0.15) is 13.2 Å². The number of hydrogen-bond acceptors (Lipinski definition) is 9. The highest BCUT2D eigenvalue weighted by Crippen LogP contribution is 2.32. The van der Waals surface area contributed by atoms with Crippen LogP contribution in [0.2, 0.25) is 0 Å². The van der Waals surface area contributed by atoms with Gasteiger partial charge in [0.1, 0.15) is 17.2 Å². The number of carbonyl (C=O) groups excluding carboxylic acids is 3. The van der Waals surface area contributed by atoms with Gasteiger partial charge in [-0.3, -0.25) is 0 Å². The fraction of sp³-hybridized carbons (Fsp3) is 0.611. The molecule has 0 spiro atoms. The molecule has 2 heterocycles. The molecular weight excluding hydrogens is 425 g/mol. The second-order valence-electron chi connectivity index (χ2n) is 7.58. The lowest BCUT2D eigenvalue weighted by Crippen LogP contribution is -2.59. The molecule has 1 atom stereocenters. The number of carbonyl (C=O) groups is 3. The van der Waals surface area contributed by atoms with Crippen molar-refractivity contribution in [1.82, 2.24) is 14.9 Å². The van der Waals surface area contributed by atoms with Gasteiger partial charge in [0, 0.05) is 19.3 Å². The maximum Gasteiger partial charge on any atom is 0.434 e. The third-order valence-electron chi connectivity index (χ3n) is 4.21. The van der Waals surface area contributed by atoms with E-state index < -0.39 is 53.1 Å². The molecule has 0 bridgehead atoms. The molecule has 1 aromatic rings. The Morgan fingerprint density at radius 2 is 1.74 bits per heavy atom. The first-order chi connectivity index (χ1) is 14.3. The van der Waals surface area contributed by atoms with Crippen molar-refractivity contribution in [3.05, 3.63) is 17.5 Å². The Kier molecular flexibility index (Phi) is 6.96. The molecule has 13 heteroatoms. The number of methoxy groups -OCH3 is 2. The van der Waals surface area contributed by atoms with Gasteiger partial charge in [0.25, 0.3) is 0 Å². The second-order valence-corrected chi connectivity index (χ2v) is 7.58. The van der Waals surface area contributed by atoms with E-state index in [9.17, 15) is 27.6 Å². The van der Waals surface area contributed by atoms with Crippen LogP contribution in [0.15, 0.2) is 6.20 Å². The summed E-state index contributed by atoms with van der Waals surface area (Å²) in [5.41, 5.74) is -3.13. The molecule has 1 saturated heterocycles. The minimum atomic E-state index is -4.97. The summed E-state index contributed by atoms with van der Waals surface area (Å²) in [7, 11) is 2.04. The van der Waals surface area contributed by atoms with Crippen molar-refractivity contribution < 1.29 is 41.8 Å². The number of ether oxygens (including phenoxy) is 3. The Hall–Kier alpha value is -3.12. The van der Waals surface area contributed by atoms with E-state index in [0.717, 1.165) is 14.2 Å².